The van der Waals surface area contributed by atoms with Crippen LogP contribution in [0, 0.1) is 5.92 Å². The standard InChI is InChI=1S/C12H18N2O4/c1-9(11(15)16)3-2-5-13-12(17)14-7-10-4-6-18-8-10/h4,6,8-9H,2-3,5,7H2,1H3,(H,15,16)(H2,13,14,17). The third kappa shape index (κ3) is 5.38. The van der Waals surface area contributed by atoms with Gasteiger partial charge >= 0.3 is 12.0 Å². The summed E-state index contributed by atoms with van der Waals surface area (Å²) >= 11 is 0. The Morgan fingerprint density at radius 1 is 1.44 bits per heavy atom. The van der Waals surface area contributed by atoms with Gasteiger partial charge in [-0.3, -0.25) is 4.79 Å². The average molecular weight is 254 g/mol. The van der Waals surface area contributed by atoms with E-state index in [0.717, 1.165) is 5.56 Å². The summed E-state index contributed by atoms with van der Waals surface area (Å²) in [6.07, 6.45) is 4.31. The van der Waals surface area contributed by atoms with E-state index in [1.165, 1.54) is 0 Å². The molecule has 0 aliphatic heterocycles. The van der Waals surface area contributed by atoms with Gasteiger partial charge in [-0.25, -0.2) is 4.79 Å². The van der Waals surface area contributed by atoms with Crippen molar-refractivity contribution in [3.05, 3.63) is 24.2 Å². The van der Waals surface area contributed by atoms with Crippen molar-refractivity contribution in [1.82, 2.24) is 10.6 Å². The minimum Gasteiger partial charge on any atom is -0.481 e. The summed E-state index contributed by atoms with van der Waals surface area (Å²) in [6.45, 7) is 2.53. The van der Waals surface area contributed by atoms with E-state index in [1.807, 2.05) is 0 Å². The van der Waals surface area contributed by atoms with Crippen molar-refractivity contribution in [2.75, 3.05) is 6.54 Å². The Kier molecular flexibility index (Phi) is 5.76. The lowest BCUT2D eigenvalue weighted by molar-refractivity contribution is -0.141. The van der Waals surface area contributed by atoms with Crippen molar-refractivity contribution >= 4 is 12.0 Å². The number of amides is 2. The highest BCUT2D eigenvalue weighted by Crippen LogP contribution is 2.04. The molecule has 1 atom stereocenters. The molecule has 0 fully saturated rings. The van der Waals surface area contributed by atoms with Crippen LogP contribution in [-0.2, 0) is 11.3 Å². The molecule has 0 saturated carbocycles. The molecule has 0 bridgehead atoms. The van der Waals surface area contributed by atoms with Gasteiger partial charge in [0.15, 0.2) is 0 Å². The van der Waals surface area contributed by atoms with Crippen LogP contribution in [0.2, 0.25) is 0 Å². The SMILES string of the molecule is CC(CCCNC(=O)NCc1ccoc1)C(=O)O. The molecule has 0 aliphatic rings. The van der Waals surface area contributed by atoms with Crippen molar-refractivity contribution in [1.29, 1.82) is 0 Å². The molecule has 1 unspecified atom stereocenters. The van der Waals surface area contributed by atoms with Gasteiger partial charge in [0.05, 0.1) is 18.4 Å². The van der Waals surface area contributed by atoms with E-state index in [4.69, 9.17) is 9.52 Å². The lowest BCUT2D eigenvalue weighted by Gasteiger charge is -2.08. The van der Waals surface area contributed by atoms with E-state index in [2.05, 4.69) is 10.6 Å². The summed E-state index contributed by atoms with van der Waals surface area (Å²) in [5, 5.41) is 14.0. The van der Waals surface area contributed by atoms with Crippen molar-refractivity contribution in [2.24, 2.45) is 5.92 Å². The van der Waals surface area contributed by atoms with Crippen LogP contribution in [0.3, 0.4) is 0 Å². The summed E-state index contributed by atoms with van der Waals surface area (Å²) in [5.41, 5.74) is 0.893. The summed E-state index contributed by atoms with van der Waals surface area (Å²) < 4.78 is 4.87. The monoisotopic (exact) mass is 254 g/mol. The maximum atomic E-state index is 11.3. The quantitative estimate of drug-likeness (QED) is 0.644. The molecule has 1 heterocycles. The average Bonchev–Trinajstić information content (AvgIpc) is 2.84. The predicted octanol–water partition coefficient (Wildman–Crippen LogP) is 1.58. The van der Waals surface area contributed by atoms with Gasteiger partial charge in [-0.2, -0.15) is 0 Å². The molecule has 0 aliphatic carbocycles. The first-order valence-electron chi connectivity index (χ1n) is 5.85. The number of aliphatic carboxylic acids is 1. The molecule has 0 aromatic carbocycles. The number of carboxylic acids is 1. The first-order valence-corrected chi connectivity index (χ1v) is 5.85. The molecule has 6 nitrogen and oxygen atoms in total. The van der Waals surface area contributed by atoms with Gasteiger partial charge in [-0.15, -0.1) is 0 Å². The Bertz CT molecular complexity index is 375. The zero-order valence-electron chi connectivity index (χ0n) is 10.3. The smallest absolute Gasteiger partial charge is 0.315 e. The maximum Gasteiger partial charge on any atom is 0.315 e. The second-order valence-corrected chi connectivity index (χ2v) is 4.12. The van der Waals surface area contributed by atoms with Crippen LogP contribution in [0.1, 0.15) is 25.3 Å². The van der Waals surface area contributed by atoms with Crippen molar-refractivity contribution in [3.63, 3.8) is 0 Å². The molecule has 0 radical (unpaired) electrons. The number of urea groups is 1. The van der Waals surface area contributed by atoms with Gasteiger partial charge in [0.25, 0.3) is 0 Å². The number of carbonyl (C=O) groups is 2. The van der Waals surface area contributed by atoms with Crippen molar-refractivity contribution in [2.45, 2.75) is 26.3 Å². The zero-order chi connectivity index (χ0) is 13.4. The molecule has 2 amide bonds. The Hall–Kier alpha value is -1.98. The minimum absolute atomic E-state index is 0.265. The van der Waals surface area contributed by atoms with Gasteiger partial charge in [-0.05, 0) is 18.9 Å². The number of carbonyl (C=O) groups excluding carboxylic acids is 1. The highest BCUT2D eigenvalue weighted by molar-refractivity contribution is 5.73. The number of rotatable bonds is 7. The molecular formula is C12H18N2O4. The second-order valence-electron chi connectivity index (χ2n) is 4.12. The van der Waals surface area contributed by atoms with Crippen LogP contribution in [0.5, 0.6) is 0 Å². The topological polar surface area (TPSA) is 91.6 Å². The Morgan fingerprint density at radius 2 is 2.22 bits per heavy atom. The van der Waals surface area contributed by atoms with Crippen LogP contribution < -0.4 is 10.6 Å². The Morgan fingerprint density at radius 3 is 2.83 bits per heavy atom. The Balaban J connectivity index is 2.05. The van der Waals surface area contributed by atoms with Gasteiger partial charge in [0.2, 0.25) is 0 Å². The third-order valence-electron chi connectivity index (χ3n) is 2.55. The largest absolute Gasteiger partial charge is 0.481 e. The van der Waals surface area contributed by atoms with Gasteiger partial charge in [0.1, 0.15) is 0 Å². The minimum atomic E-state index is -0.806. The van der Waals surface area contributed by atoms with E-state index in [0.29, 0.717) is 25.9 Å². The lowest BCUT2D eigenvalue weighted by Crippen LogP contribution is -2.35. The predicted molar refractivity (Wildman–Crippen MR) is 65.0 cm³/mol. The summed E-state index contributed by atoms with van der Waals surface area (Å²) in [7, 11) is 0. The molecule has 3 N–H and O–H groups in total. The first kappa shape index (κ1) is 14.1. The van der Waals surface area contributed by atoms with E-state index < -0.39 is 5.97 Å². The molecule has 0 saturated heterocycles. The highest BCUT2D eigenvalue weighted by atomic mass is 16.4. The van der Waals surface area contributed by atoms with E-state index >= 15 is 0 Å². The molecular weight excluding hydrogens is 236 g/mol. The normalized spacial score (nSPS) is 11.8. The molecule has 6 heteroatoms. The molecule has 1 aromatic rings. The lowest BCUT2D eigenvalue weighted by atomic mass is 10.1. The number of nitrogens with one attached hydrogen (secondary N) is 2. The van der Waals surface area contributed by atoms with Crippen molar-refractivity contribution in [3.8, 4) is 0 Å². The van der Waals surface area contributed by atoms with Gasteiger partial charge in [-0.1, -0.05) is 6.92 Å². The van der Waals surface area contributed by atoms with E-state index in [1.54, 1.807) is 25.5 Å². The fraction of sp³-hybridized carbons (Fsp3) is 0.500. The van der Waals surface area contributed by atoms with Gasteiger partial charge < -0.3 is 20.2 Å². The second kappa shape index (κ2) is 7.37. The fourth-order valence-corrected chi connectivity index (χ4v) is 1.37. The third-order valence-corrected chi connectivity index (χ3v) is 2.55. The van der Waals surface area contributed by atoms with E-state index in [9.17, 15) is 9.59 Å². The number of hydrogen-bond acceptors (Lipinski definition) is 3. The zero-order valence-corrected chi connectivity index (χ0v) is 10.3. The van der Waals surface area contributed by atoms with Crippen LogP contribution in [0.4, 0.5) is 4.79 Å². The summed E-state index contributed by atoms with van der Waals surface area (Å²) in [4.78, 5) is 21.9. The molecule has 100 valence electrons. The molecule has 1 rings (SSSR count). The van der Waals surface area contributed by atoms with Crippen molar-refractivity contribution < 1.29 is 19.1 Å². The summed E-state index contributed by atoms with van der Waals surface area (Å²) in [6, 6.07) is 1.51. The molecule has 1 aromatic heterocycles. The van der Waals surface area contributed by atoms with Crippen LogP contribution in [0.25, 0.3) is 0 Å². The van der Waals surface area contributed by atoms with Crippen LogP contribution in [0.15, 0.2) is 23.0 Å². The number of furan rings is 1. The highest BCUT2D eigenvalue weighted by Gasteiger charge is 2.09. The first-order chi connectivity index (χ1) is 8.59. The molecule has 18 heavy (non-hydrogen) atoms. The Labute approximate surface area is 105 Å². The number of carboxylic acid groups (broad SMARTS) is 1. The molecule has 0 spiro atoms. The maximum absolute atomic E-state index is 11.3. The number of hydrogen-bond donors (Lipinski definition) is 3. The van der Waals surface area contributed by atoms with Crippen LogP contribution >= 0.6 is 0 Å². The summed E-state index contributed by atoms with van der Waals surface area (Å²) in [5.74, 6) is -1.18. The van der Waals surface area contributed by atoms with E-state index in [-0.39, 0.29) is 11.9 Å². The van der Waals surface area contributed by atoms with Crippen LogP contribution in [-0.4, -0.2) is 23.7 Å². The fourth-order valence-electron chi connectivity index (χ4n) is 1.37. The van der Waals surface area contributed by atoms with Gasteiger partial charge in [0, 0.05) is 18.7 Å².